The van der Waals surface area contributed by atoms with Gasteiger partial charge in [0.25, 0.3) is 0 Å². The first-order valence-corrected chi connectivity index (χ1v) is 4.64. The first-order valence-electron chi connectivity index (χ1n) is 4.64. The molecule has 0 saturated carbocycles. The number of rotatable bonds is 3. The zero-order valence-electron chi connectivity index (χ0n) is 8.86. The number of amides is 2. The molecule has 2 amide bonds. The second kappa shape index (κ2) is 5.14. The Morgan fingerprint density at radius 2 is 1.80 bits per heavy atom. The molecule has 0 aromatic heterocycles. The summed E-state index contributed by atoms with van der Waals surface area (Å²) in [6.07, 6.45) is -0.123. The van der Waals surface area contributed by atoms with Crippen LogP contribution in [0.15, 0.2) is 30.3 Å². The van der Waals surface area contributed by atoms with Crippen LogP contribution >= 0.6 is 0 Å². The molecule has 1 aromatic carbocycles. The number of para-hydroxylation sites is 1. The molecule has 4 heteroatoms. The lowest BCUT2D eigenvalue weighted by molar-refractivity contribution is -0.132. The van der Waals surface area contributed by atoms with Crippen LogP contribution in [-0.4, -0.2) is 30.8 Å². The van der Waals surface area contributed by atoms with Crippen LogP contribution < -0.4 is 5.32 Å². The summed E-state index contributed by atoms with van der Waals surface area (Å²) in [5, 5.41) is 2.64. The van der Waals surface area contributed by atoms with Crippen LogP contribution in [0, 0.1) is 0 Å². The second-order valence-electron chi connectivity index (χ2n) is 3.38. The minimum absolute atomic E-state index is 0.123. The molecule has 15 heavy (non-hydrogen) atoms. The maximum Gasteiger partial charge on any atom is 0.233 e. The number of anilines is 1. The van der Waals surface area contributed by atoms with E-state index in [1.165, 1.54) is 4.90 Å². The van der Waals surface area contributed by atoms with E-state index in [2.05, 4.69) is 5.32 Å². The highest BCUT2D eigenvalue weighted by atomic mass is 16.2. The van der Waals surface area contributed by atoms with Gasteiger partial charge in [-0.25, -0.2) is 0 Å². The first-order chi connectivity index (χ1) is 7.09. The Labute approximate surface area is 88.9 Å². The molecule has 0 aliphatic rings. The van der Waals surface area contributed by atoms with Gasteiger partial charge in [-0.05, 0) is 12.1 Å². The number of hydrogen-bond acceptors (Lipinski definition) is 2. The number of nitrogens with zero attached hydrogens (tertiary/aromatic N) is 1. The van der Waals surface area contributed by atoms with E-state index < -0.39 is 0 Å². The maximum absolute atomic E-state index is 11.4. The average molecular weight is 206 g/mol. The van der Waals surface area contributed by atoms with Crippen molar-refractivity contribution in [2.45, 2.75) is 6.42 Å². The van der Waals surface area contributed by atoms with Gasteiger partial charge < -0.3 is 10.2 Å². The van der Waals surface area contributed by atoms with Gasteiger partial charge in [-0.15, -0.1) is 0 Å². The van der Waals surface area contributed by atoms with Crippen LogP contribution in [0.3, 0.4) is 0 Å². The second-order valence-corrected chi connectivity index (χ2v) is 3.38. The lowest BCUT2D eigenvalue weighted by atomic mass is 10.3. The van der Waals surface area contributed by atoms with Crippen molar-refractivity contribution in [2.24, 2.45) is 0 Å². The molecule has 1 N–H and O–H groups in total. The summed E-state index contributed by atoms with van der Waals surface area (Å²) in [6.45, 7) is 0. The summed E-state index contributed by atoms with van der Waals surface area (Å²) < 4.78 is 0. The van der Waals surface area contributed by atoms with Crippen molar-refractivity contribution in [3.05, 3.63) is 30.3 Å². The molecule has 0 saturated heterocycles. The molecule has 0 aliphatic carbocycles. The van der Waals surface area contributed by atoms with Crippen molar-refractivity contribution in [2.75, 3.05) is 19.4 Å². The van der Waals surface area contributed by atoms with E-state index in [0.717, 1.165) is 0 Å². The third kappa shape index (κ3) is 3.81. The standard InChI is InChI=1S/C11H14N2O2/c1-13(2)11(15)8-10(14)12-9-6-4-3-5-7-9/h3-7H,8H2,1-2H3,(H,12,14). The highest BCUT2D eigenvalue weighted by molar-refractivity contribution is 6.03. The third-order valence-corrected chi connectivity index (χ3v) is 1.87. The van der Waals surface area contributed by atoms with Crippen LogP contribution in [0.5, 0.6) is 0 Å². The maximum atomic E-state index is 11.4. The van der Waals surface area contributed by atoms with Gasteiger partial charge in [-0.1, -0.05) is 18.2 Å². The Hall–Kier alpha value is -1.84. The minimum Gasteiger partial charge on any atom is -0.348 e. The van der Waals surface area contributed by atoms with Gasteiger partial charge in [-0.2, -0.15) is 0 Å². The molecule has 0 fully saturated rings. The van der Waals surface area contributed by atoms with Crippen molar-refractivity contribution in [1.29, 1.82) is 0 Å². The lowest BCUT2D eigenvalue weighted by Crippen LogP contribution is -2.27. The quantitative estimate of drug-likeness (QED) is 0.753. The van der Waals surface area contributed by atoms with Gasteiger partial charge in [0.2, 0.25) is 11.8 Å². The molecule has 0 bridgehead atoms. The zero-order valence-corrected chi connectivity index (χ0v) is 8.86. The van der Waals surface area contributed by atoms with E-state index in [-0.39, 0.29) is 18.2 Å². The van der Waals surface area contributed by atoms with Gasteiger partial charge in [0.1, 0.15) is 6.42 Å². The first kappa shape index (κ1) is 11.2. The normalized spacial score (nSPS) is 9.47. The topological polar surface area (TPSA) is 49.4 Å². The summed E-state index contributed by atoms with van der Waals surface area (Å²) in [5.41, 5.74) is 0.703. The Kier molecular flexibility index (Phi) is 3.85. The molecule has 0 heterocycles. The molecule has 0 atom stereocenters. The molecule has 0 radical (unpaired) electrons. The van der Waals surface area contributed by atoms with E-state index in [1.807, 2.05) is 18.2 Å². The average Bonchev–Trinajstić information content (AvgIpc) is 2.18. The van der Waals surface area contributed by atoms with E-state index in [1.54, 1.807) is 26.2 Å². The molecule has 0 aliphatic heterocycles. The third-order valence-electron chi connectivity index (χ3n) is 1.87. The molecule has 1 rings (SSSR count). The SMILES string of the molecule is CN(C)C(=O)CC(=O)Nc1ccccc1. The predicted octanol–water partition coefficient (Wildman–Crippen LogP) is 1.10. The predicted molar refractivity (Wildman–Crippen MR) is 58.4 cm³/mol. The van der Waals surface area contributed by atoms with Crippen molar-refractivity contribution in [1.82, 2.24) is 4.90 Å². The van der Waals surface area contributed by atoms with Crippen molar-refractivity contribution in [3.63, 3.8) is 0 Å². The highest BCUT2D eigenvalue weighted by Gasteiger charge is 2.10. The molecule has 1 aromatic rings. The molecular formula is C11H14N2O2. The van der Waals surface area contributed by atoms with Gasteiger partial charge in [0.15, 0.2) is 0 Å². The van der Waals surface area contributed by atoms with Crippen molar-refractivity contribution in [3.8, 4) is 0 Å². The van der Waals surface area contributed by atoms with E-state index in [0.29, 0.717) is 5.69 Å². The smallest absolute Gasteiger partial charge is 0.233 e. The Balaban J connectivity index is 2.47. The highest BCUT2D eigenvalue weighted by Crippen LogP contribution is 2.05. The fourth-order valence-corrected chi connectivity index (χ4v) is 1.02. The number of nitrogens with one attached hydrogen (secondary N) is 1. The summed E-state index contributed by atoms with van der Waals surface area (Å²) in [6, 6.07) is 9.06. The number of carbonyl (C=O) groups is 2. The fourth-order valence-electron chi connectivity index (χ4n) is 1.02. The van der Waals surface area contributed by atoms with Crippen molar-refractivity contribution >= 4 is 17.5 Å². The van der Waals surface area contributed by atoms with Gasteiger partial charge in [0, 0.05) is 19.8 Å². The summed E-state index contributed by atoms with van der Waals surface area (Å²) >= 11 is 0. The van der Waals surface area contributed by atoms with E-state index in [9.17, 15) is 9.59 Å². The Morgan fingerprint density at radius 1 is 1.20 bits per heavy atom. The largest absolute Gasteiger partial charge is 0.348 e. The molecule has 0 spiro atoms. The number of hydrogen-bond donors (Lipinski definition) is 1. The van der Waals surface area contributed by atoms with Crippen LogP contribution in [0.4, 0.5) is 5.69 Å². The number of carbonyl (C=O) groups excluding carboxylic acids is 2. The Morgan fingerprint density at radius 3 is 2.33 bits per heavy atom. The van der Waals surface area contributed by atoms with Gasteiger partial charge in [0.05, 0.1) is 0 Å². The Bertz CT molecular complexity index is 347. The fraction of sp³-hybridized carbons (Fsp3) is 0.273. The minimum atomic E-state index is -0.292. The molecule has 80 valence electrons. The summed E-state index contributed by atoms with van der Waals surface area (Å²) in [5.74, 6) is -0.497. The monoisotopic (exact) mass is 206 g/mol. The molecule has 0 unspecified atom stereocenters. The zero-order chi connectivity index (χ0) is 11.3. The van der Waals surface area contributed by atoms with E-state index >= 15 is 0 Å². The summed E-state index contributed by atoms with van der Waals surface area (Å²) in [4.78, 5) is 24.0. The van der Waals surface area contributed by atoms with Crippen molar-refractivity contribution < 1.29 is 9.59 Å². The van der Waals surface area contributed by atoms with Gasteiger partial charge in [-0.3, -0.25) is 9.59 Å². The van der Waals surface area contributed by atoms with Crippen LogP contribution in [-0.2, 0) is 9.59 Å². The van der Waals surface area contributed by atoms with E-state index in [4.69, 9.17) is 0 Å². The van der Waals surface area contributed by atoms with Crippen LogP contribution in [0.25, 0.3) is 0 Å². The van der Waals surface area contributed by atoms with Crippen LogP contribution in [0.2, 0.25) is 0 Å². The van der Waals surface area contributed by atoms with Gasteiger partial charge >= 0.3 is 0 Å². The lowest BCUT2D eigenvalue weighted by Gasteiger charge is -2.10. The summed E-state index contributed by atoms with van der Waals surface area (Å²) in [7, 11) is 3.25. The molecular weight excluding hydrogens is 192 g/mol. The van der Waals surface area contributed by atoms with Crippen LogP contribution in [0.1, 0.15) is 6.42 Å². The number of benzene rings is 1. The molecule has 4 nitrogen and oxygen atoms in total.